The van der Waals surface area contributed by atoms with Crippen LogP contribution in [0.5, 0.6) is 11.5 Å². The van der Waals surface area contributed by atoms with E-state index in [9.17, 15) is 19.7 Å². The summed E-state index contributed by atoms with van der Waals surface area (Å²) in [5, 5.41) is 13.6. The highest BCUT2D eigenvalue weighted by Gasteiger charge is 2.16. The fourth-order valence-corrected chi connectivity index (χ4v) is 2.33. The van der Waals surface area contributed by atoms with E-state index in [2.05, 4.69) is 5.32 Å². The Labute approximate surface area is 161 Å². The van der Waals surface area contributed by atoms with Gasteiger partial charge < -0.3 is 19.5 Å². The highest BCUT2D eigenvalue weighted by molar-refractivity contribution is 5.96. The van der Waals surface area contributed by atoms with Crippen molar-refractivity contribution in [1.29, 1.82) is 0 Å². The van der Waals surface area contributed by atoms with E-state index >= 15 is 0 Å². The molecule has 0 aliphatic rings. The van der Waals surface area contributed by atoms with Gasteiger partial charge in [-0.1, -0.05) is 6.07 Å². The molecule has 0 spiro atoms. The number of nitro benzene ring substituents is 1. The minimum atomic E-state index is -0.575. The van der Waals surface area contributed by atoms with E-state index in [-0.39, 0.29) is 30.4 Å². The van der Waals surface area contributed by atoms with E-state index in [1.807, 2.05) is 0 Å². The predicted molar refractivity (Wildman–Crippen MR) is 101 cm³/mol. The molecule has 0 aliphatic carbocycles. The Morgan fingerprint density at radius 1 is 1.18 bits per heavy atom. The lowest BCUT2D eigenvalue weighted by molar-refractivity contribution is -0.385. The Balaban J connectivity index is 2.04. The standard InChI is InChI=1S/C19H20N2O7/c1-4-27-19(23)13-6-5-12(2)15(9-13)20-18(22)11-28-14-7-8-16(21(24)25)17(10-14)26-3/h5-10H,4,11H2,1-3H3,(H,20,22). The second-order valence-electron chi connectivity index (χ2n) is 5.68. The summed E-state index contributed by atoms with van der Waals surface area (Å²) < 4.78 is 15.3. The quantitative estimate of drug-likeness (QED) is 0.419. The number of ether oxygens (including phenoxy) is 3. The number of nitrogens with one attached hydrogen (secondary N) is 1. The second kappa shape index (κ2) is 9.36. The average Bonchev–Trinajstić information content (AvgIpc) is 2.67. The molecule has 2 aromatic rings. The van der Waals surface area contributed by atoms with E-state index in [0.717, 1.165) is 5.56 Å². The maximum absolute atomic E-state index is 12.2. The minimum Gasteiger partial charge on any atom is -0.490 e. The van der Waals surface area contributed by atoms with Gasteiger partial charge in [-0.2, -0.15) is 0 Å². The Hall–Kier alpha value is -3.62. The zero-order valence-corrected chi connectivity index (χ0v) is 15.7. The van der Waals surface area contributed by atoms with Crippen molar-refractivity contribution in [1.82, 2.24) is 0 Å². The van der Waals surface area contributed by atoms with Crippen LogP contribution in [-0.2, 0) is 9.53 Å². The molecule has 0 bridgehead atoms. The molecule has 0 aromatic heterocycles. The third-order valence-electron chi connectivity index (χ3n) is 3.74. The number of rotatable bonds is 8. The Morgan fingerprint density at radius 3 is 2.57 bits per heavy atom. The molecular weight excluding hydrogens is 368 g/mol. The number of carbonyl (C=O) groups is 2. The van der Waals surface area contributed by atoms with Gasteiger partial charge in [0, 0.05) is 17.8 Å². The van der Waals surface area contributed by atoms with Crippen molar-refractivity contribution in [2.45, 2.75) is 13.8 Å². The van der Waals surface area contributed by atoms with Gasteiger partial charge >= 0.3 is 11.7 Å². The second-order valence-corrected chi connectivity index (χ2v) is 5.68. The molecule has 148 valence electrons. The first-order valence-corrected chi connectivity index (χ1v) is 8.38. The molecule has 0 heterocycles. The lowest BCUT2D eigenvalue weighted by Gasteiger charge is -2.11. The van der Waals surface area contributed by atoms with Crippen molar-refractivity contribution < 1.29 is 28.7 Å². The van der Waals surface area contributed by atoms with Crippen LogP contribution in [0.1, 0.15) is 22.8 Å². The molecule has 0 atom stereocenters. The normalized spacial score (nSPS) is 10.1. The van der Waals surface area contributed by atoms with Gasteiger partial charge in [-0.05, 0) is 37.6 Å². The first-order valence-electron chi connectivity index (χ1n) is 8.38. The molecular formula is C19H20N2O7. The largest absolute Gasteiger partial charge is 0.490 e. The highest BCUT2D eigenvalue weighted by Crippen LogP contribution is 2.30. The van der Waals surface area contributed by atoms with Crippen molar-refractivity contribution in [2.24, 2.45) is 0 Å². The Morgan fingerprint density at radius 2 is 1.93 bits per heavy atom. The number of aryl methyl sites for hydroxylation is 1. The lowest BCUT2D eigenvalue weighted by Crippen LogP contribution is -2.21. The van der Waals surface area contributed by atoms with Crippen LogP contribution in [0.3, 0.4) is 0 Å². The molecule has 9 heteroatoms. The van der Waals surface area contributed by atoms with Gasteiger partial charge in [0.1, 0.15) is 5.75 Å². The van der Waals surface area contributed by atoms with Crippen molar-refractivity contribution in [2.75, 3.05) is 25.6 Å². The highest BCUT2D eigenvalue weighted by atomic mass is 16.6. The Bertz CT molecular complexity index is 896. The smallest absolute Gasteiger partial charge is 0.338 e. The van der Waals surface area contributed by atoms with E-state index in [1.54, 1.807) is 26.0 Å². The van der Waals surface area contributed by atoms with Crippen molar-refractivity contribution in [3.8, 4) is 11.5 Å². The van der Waals surface area contributed by atoms with Gasteiger partial charge in [-0.25, -0.2) is 4.79 Å². The number of nitrogens with zero attached hydrogens (tertiary/aromatic N) is 1. The molecule has 2 rings (SSSR count). The molecule has 1 amide bonds. The predicted octanol–water partition coefficient (Wildman–Crippen LogP) is 3.11. The van der Waals surface area contributed by atoms with Crippen LogP contribution in [-0.4, -0.2) is 37.1 Å². The number of benzene rings is 2. The first-order chi connectivity index (χ1) is 13.3. The number of esters is 1. The number of methoxy groups -OCH3 is 1. The summed E-state index contributed by atoms with van der Waals surface area (Å²) in [5.74, 6) is -0.663. The fourth-order valence-electron chi connectivity index (χ4n) is 2.33. The molecule has 0 aliphatic heterocycles. The van der Waals surface area contributed by atoms with Gasteiger partial charge in [-0.3, -0.25) is 14.9 Å². The van der Waals surface area contributed by atoms with Crippen molar-refractivity contribution in [3.63, 3.8) is 0 Å². The zero-order valence-electron chi connectivity index (χ0n) is 15.7. The molecule has 9 nitrogen and oxygen atoms in total. The van der Waals surface area contributed by atoms with Crippen LogP contribution >= 0.6 is 0 Å². The van der Waals surface area contributed by atoms with Gasteiger partial charge in [0.05, 0.1) is 24.2 Å². The number of anilines is 1. The molecule has 28 heavy (non-hydrogen) atoms. The zero-order chi connectivity index (χ0) is 20.7. The monoisotopic (exact) mass is 388 g/mol. The average molecular weight is 388 g/mol. The molecule has 0 unspecified atom stereocenters. The number of hydrogen-bond acceptors (Lipinski definition) is 7. The Kier molecular flexibility index (Phi) is 6.91. The van der Waals surface area contributed by atoms with Gasteiger partial charge in [0.2, 0.25) is 5.75 Å². The maximum Gasteiger partial charge on any atom is 0.338 e. The van der Waals surface area contributed by atoms with Gasteiger partial charge in [-0.15, -0.1) is 0 Å². The van der Waals surface area contributed by atoms with E-state index in [1.165, 1.54) is 31.4 Å². The van der Waals surface area contributed by atoms with E-state index in [0.29, 0.717) is 11.3 Å². The van der Waals surface area contributed by atoms with Crippen LogP contribution in [0, 0.1) is 17.0 Å². The summed E-state index contributed by atoms with van der Waals surface area (Å²) in [6.07, 6.45) is 0. The number of amides is 1. The van der Waals surface area contributed by atoms with Gasteiger partial charge in [0.15, 0.2) is 6.61 Å². The van der Waals surface area contributed by atoms with E-state index in [4.69, 9.17) is 14.2 Å². The number of hydrogen-bond donors (Lipinski definition) is 1. The summed E-state index contributed by atoms with van der Waals surface area (Å²) in [6.45, 7) is 3.41. The summed E-state index contributed by atoms with van der Waals surface area (Å²) in [4.78, 5) is 34.3. The third kappa shape index (κ3) is 5.19. The van der Waals surface area contributed by atoms with Crippen LogP contribution in [0.4, 0.5) is 11.4 Å². The third-order valence-corrected chi connectivity index (χ3v) is 3.74. The molecule has 0 saturated heterocycles. The van der Waals surface area contributed by atoms with Crippen LogP contribution in [0.15, 0.2) is 36.4 Å². The summed E-state index contributed by atoms with van der Waals surface area (Å²) in [5.41, 5.74) is 1.34. The SMILES string of the molecule is CCOC(=O)c1ccc(C)c(NC(=O)COc2ccc([N+](=O)[O-])c(OC)c2)c1. The fraction of sp³-hybridized carbons (Fsp3) is 0.263. The minimum absolute atomic E-state index is 0.0286. The lowest BCUT2D eigenvalue weighted by atomic mass is 10.1. The number of nitro groups is 1. The van der Waals surface area contributed by atoms with Crippen LogP contribution < -0.4 is 14.8 Å². The van der Waals surface area contributed by atoms with Gasteiger partial charge in [0.25, 0.3) is 5.91 Å². The molecule has 0 radical (unpaired) electrons. The van der Waals surface area contributed by atoms with Crippen LogP contribution in [0.25, 0.3) is 0 Å². The molecule has 2 aromatic carbocycles. The first kappa shape index (κ1) is 20.7. The van der Waals surface area contributed by atoms with Crippen molar-refractivity contribution >= 4 is 23.3 Å². The van der Waals surface area contributed by atoms with Crippen molar-refractivity contribution in [3.05, 3.63) is 57.6 Å². The topological polar surface area (TPSA) is 117 Å². The van der Waals surface area contributed by atoms with Crippen LogP contribution in [0.2, 0.25) is 0 Å². The molecule has 1 N–H and O–H groups in total. The summed E-state index contributed by atoms with van der Waals surface area (Å²) >= 11 is 0. The molecule has 0 saturated carbocycles. The molecule has 0 fully saturated rings. The maximum atomic E-state index is 12.2. The number of carbonyl (C=O) groups excluding carboxylic acids is 2. The van der Waals surface area contributed by atoms with E-state index < -0.39 is 16.8 Å². The summed E-state index contributed by atoms with van der Waals surface area (Å²) in [6, 6.07) is 8.78. The summed E-state index contributed by atoms with van der Waals surface area (Å²) in [7, 11) is 1.30.